The average molecular weight is 310 g/mol. The Morgan fingerprint density at radius 1 is 1.20 bits per heavy atom. The Morgan fingerprint density at radius 2 is 1.95 bits per heavy atom. The van der Waals surface area contributed by atoms with E-state index in [9.17, 15) is 4.79 Å². The molecule has 0 aromatic rings. The maximum absolute atomic E-state index is 12.6. The second-order valence-electron chi connectivity index (χ2n) is 7.24. The molecule has 1 nitrogen and oxygen atoms in total. The first-order chi connectivity index (χ1) is 9.08. The molecule has 111 valence electrons. The van der Waals surface area contributed by atoms with Crippen LogP contribution < -0.4 is 0 Å². The molecule has 2 saturated carbocycles. The van der Waals surface area contributed by atoms with Crippen molar-refractivity contribution in [2.75, 3.05) is 0 Å². The van der Waals surface area contributed by atoms with Crippen LogP contribution in [-0.2, 0) is 23.4 Å². The predicted molar refractivity (Wildman–Crippen MR) is 78.6 cm³/mol. The summed E-state index contributed by atoms with van der Waals surface area (Å²) in [6.07, 6.45) is 8.87. The van der Waals surface area contributed by atoms with Gasteiger partial charge in [-0.1, -0.05) is 31.8 Å². The number of hydrogen-bond donors (Lipinski definition) is 0. The fourth-order valence-electron chi connectivity index (χ4n) is 4.25. The van der Waals surface area contributed by atoms with Gasteiger partial charge in [0, 0.05) is 24.5 Å². The van der Waals surface area contributed by atoms with Crippen molar-refractivity contribution in [3.05, 3.63) is 17.1 Å². The van der Waals surface area contributed by atoms with Crippen LogP contribution in [0.5, 0.6) is 0 Å². The third kappa shape index (κ3) is 3.09. The van der Waals surface area contributed by atoms with Crippen LogP contribution in [0.25, 0.3) is 0 Å². The van der Waals surface area contributed by atoms with E-state index >= 15 is 0 Å². The van der Waals surface area contributed by atoms with E-state index in [1.54, 1.807) is 0 Å². The zero-order chi connectivity index (χ0) is 13.6. The Bertz CT molecular complexity index is 412. The van der Waals surface area contributed by atoms with Gasteiger partial charge in [-0.05, 0) is 44.1 Å². The van der Waals surface area contributed by atoms with Crippen molar-refractivity contribution in [3.8, 4) is 0 Å². The number of allylic oxidation sites excluding steroid dienone is 2. The van der Waals surface area contributed by atoms with Gasteiger partial charge in [0.25, 0.3) is 0 Å². The number of fused-ring (bicyclic) bond motifs is 2. The van der Waals surface area contributed by atoms with Gasteiger partial charge >= 0.3 is 0 Å². The molecule has 0 aliphatic heterocycles. The van der Waals surface area contributed by atoms with Crippen molar-refractivity contribution >= 4 is 5.78 Å². The maximum Gasteiger partial charge on any atom is 0.161 e. The Morgan fingerprint density at radius 3 is 2.65 bits per heavy atom. The molecule has 0 heterocycles. The molecule has 0 bridgehead atoms. The summed E-state index contributed by atoms with van der Waals surface area (Å²) in [5.74, 6) is 5.01. The molecule has 3 rings (SSSR count). The SMILES string of the molecule is C/C1=C(\C)C(=O)C2CC(C)C2CC[C-]2CC2CCC1.[V]. The number of carbonyl (C=O) groups is 1. The van der Waals surface area contributed by atoms with E-state index in [0.717, 1.165) is 30.3 Å². The number of Topliss-reactive ketones (excluding diaryl/α,β-unsaturated/α-hetero) is 1. The molecule has 1 radical (unpaired) electrons. The summed E-state index contributed by atoms with van der Waals surface area (Å²) in [6.45, 7) is 6.58. The van der Waals surface area contributed by atoms with E-state index in [4.69, 9.17) is 0 Å². The van der Waals surface area contributed by atoms with E-state index < -0.39 is 0 Å². The fraction of sp³-hybridized carbons (Fsp3) is 0.778. The number of hydrogen-bond acceptors (Lipinski definition) is 1. The van der Waals surface area contributed by atoms with Gasteiger partial charge in [-0.15, -0.1) is 0 Å². The second kappa shape index (κ2) is 6.40. The van der Waals surface area contributed by atoms with Crippen molar-refractivity contribution in [2.45, 2.75) is 65.7 Å². The summed E-state index contributed by atoms with van der Waals surface area (Å²) in [4.78, 5) is 12.6. The maximum atomic E-state index is 12.6. The fourth-order valence-corrected chi connectivity index (χ4v) is 4.25. The monoisotopic (exact) mass is 310 g/mol. The Balaban J connectivity index is 0.00000147. The van der Waals surface area contributed by atoms with Crippen LogP contribution >= 0.6 is 0 Å². The van der Waals surface area contributed by atoms with Crippen LogP contribution in [0.4, 0.5) is 0 Å². The molecule has 4 unspecified atom stereocenters. The first kappa shape index (κ1) is 16.4. The zero-order valence-corrected chi connectivity index (χ0v) is 14.5. The van der Waals surface area contributed by atoms with Gasteiger partial charge in [0.05, 0.1) is 0 Å². The van der Waals surface area contributed by atoms with Crippen molar-refractivity contribution in [2.24, 2.45) is 23.7 Å². The molecule has 4 atom stereocenters. The zero-order valence-electron chi connectivity index (χ0n) is 13.1. The van der Waals surface area contributed by atoms with E-state index in [2.05, 4.69) is 20.8 Å². The Labute approximate surface area is 135 Å². The van der Waals surface area contributed by atoms with Gasteiger partial charge in [0.15, 0.2) is 5.78 Å². The number of carbonyl (C=O) groups excluding carboxylic acids is 1. The topological polar surface area (TPSA) is 17.1 Å². The molecular formula is C18H27OV-. The van der Waals surface area contributed by atoms with Crippen LogP contribution in [0, 0.1) is 29.6 Å². The molecule has 0 saturated heterocycles. The summed E-state index contributed by atoms with van der Waals surface area (Å²) in [5.41, 5.74) is 2.44. The van der Waals surface area contributed by atoms with Crippen LogP contribution in [0.15, 0.2) is 11.1 Å². The minimum atomic E-state index is 0. The summed E-state index contributed by atoms with van der Waals surface area (Å²) in [6, 6.07) is 0. The van der Waals surface area contributed by atoms with Gasteiger partial charge in [-0.25, -0.2) is 6.42 Å². The van der Waals surface area contributed by atoms with E-state index in [1.807, 2.05) is 5.92 Å². The number of ketones is 1. The molecule has 2 fully saturated rings. The molecule has 3 aliphatic rings. The molecule has 2 heteroatoms. The van der Waals surface area contributed by atoms with Crippen molar-refractivity contribution in [3.63, 3.8) is 0 Å². The van der Waals surface area contributed by atoms with Gasteiger partial charge in [0.1, 0.15) is 0 Å². The molecule has 0 N–H and O–H groups in total. The molecule has 0 spiro atoms. The standard InChI is InChI=1S/C18H27O.V/c1-11-5-4-6-14-10-15(14)7-8-16-12(2)9-17(16)18(19)13(11)3;/h12,14,16-17H,4-10H2,1-3H3;/q-1;/b13-11-;. The number of rotatable bonds is 0. The van der Waals surface area contributed by atoms with E-state index in [1.165, 1.54) is 37.7 Å². The molecule has 3 aliphatic carbocycles. The molecule has 20 heavy (non-hydrogen) atoms. The van der Waals surface area contributed by atoms with Gasteiger partial charge in [-0.2, -0.15) is 12.3 Å². The molecule has 0 aromatic carbocycles. The van der Waals surface area contributed by atoms with Gasteiger partial charge in [-0.3, -0.25) is 4.79 Å². The second-order valence-corrected chi connectivity index (χ2v) is 7.24. The Hall–Kier alpha value is -0.00558. The molecule has 0 amide bonds. The van der Waals surface area contributed by atoms with Crippen LogP contribution in [0.2, 0.25) is 0 Å². The summed E-state index contributed by atoms with van der Waals surface area (Å²) in [5, 5.41) is 0. The third-order valence-electron chi connectivity index (χ3n) is 6.05. The predicted octanol–water partition coefficient (Wildman–Crippen LogP) is 4.72. The van der Waals surface area contributed by atoms with Crippen LogP contribution in [-0.4, -0.2) is 5.78 Å². The minimum Gasteiger partial charge on any atom is -0.315 e. The van der Waals surface area contributed by atoms with Crippen LogP contribution in [0.3, 0.4) is 0 Å². The summed E-state index contributed by atoms with van der Waals surface area (Å²) < 4.78 is 0. The summed E-state index contributed by atoms with van der Waals surface area (Å²) >= 11 is 0. The first-order valence-electron chi connectivity index (χ1n) is 8.13. The van der Waals surface area contributed by atoms with Crippen molar-refractivity contribution in [1.82, 2.24) is 0 Å². The van der Waals surface area contributed by atoms with Gasteiger partial charge < -0.3 is 5.92 Å². The van der Waals surface area contributed by atoms with Gasteiger partial charge in [0.2, 0.25) is 0 Å². The van der Waals surface area contributed by atoms with E-state index in [-0.39, 0.29) is 18.6 Å². The van der Waals surface area contributed by atoms with Crippen molar-refractivity contribution < 1.29 is 23.4 Å². The smallest absolute Gasteiger partial charge is 0.161 e. The quantitative estimate of drug-likeness (QED) is 0.592. The van der Waals surface area contributed by atoms with Crippen LogP contribution in [0.1, 0.15) is 65.7 Å². The van der Waals surface area contributed by atoms with E-state index in [0.29, 0.717) is 17.6 Å². The normalized spacial score (nSPS) is 42.2. The molecular weight excluding hydrogens is 283 g/mol. The Kier molecular flexibility index (Phi) is 5.24. The third-order valence-corrected chi connectivity index (χ3v) is 6.05. The minimum absolute atomic E-state index is 0. The summed E-state index contributed by atoms with van der Waals surface area (Å²) in [7, 11) is 0. The average Bonchev–Trinajstić information content (AvgIpc) is 3.11. The first-order valence-corrected chi connectivity index (χ1v) is 8.13. The largest absolute Gasteiger partial charge is 0.315 e. The van der Waals surface area contributed by atoms with Crippen molar-refractivity contribution in [1.29, 1.82) is 0 Å². The molecule has 0 aromatic heterocycles.